The number of hydrogen-bond donors (Lipinski definition) is 2. The average molecular weight is 712 g/mol. The van der Waals surface area contributed by atoms with E-state index in [1.807, 2.05) is 36.4 Å². The molecule has 0 unspecified atom stereocenters. The molecule has 4 rings (SSSR count). The SMILES string of the molecule is O=C(O)c1ccc(COc2c(I)cc(/C=N/NS(=O)(=O)c3ccc4ccccc4c3)cc2I)cc1. The van der Waals surface area contributed by atoms with Gasteiger partial charge >= 0.3 is 5.97 Å². The summed E-state index contributed by atoms with van der Waals surface area (Å²) in [4.78, 5) is 13.4. The summed E-state index contributed by atoms with van der Waals surface area (Å²) in [5.74, 6) is -0.291. The highest BCUT2D eigenvalue weighted by atomic mass is 127. The summed E-state index contributed by atoms with van der Waals surface area (Å²) in [5, 5.41) is 14.7. The van der Waals surface area contributed by atoms with E-state index in [2.05, 4.69) is 55.1 Å². The fraction of sp³-hybridized carbons (Fsp3) is 0.0400. The van der Waals surface area contributed by atoms with E-state index in [1.165, 1.54) is 18.3 Å². The number of carboxylic acids is 1. The maximum atomic E-state index is 12.7. The van der Waals surface area contributed by atoms with E-state index in [0.29, 0.717) is 11.3 Å². The van der Waals surface area contributed by atoms with E-state index >= 15 is 0 Å². The number of nitrogens with zero attached hydrogens (tertiary/aromatic N) is 1. The molecule has 0 aliphatic heterocycles. The Bertz CT molecular complexity index is 1510. The Hall–Kier alpha value is -2.71. The topological polar surface area (TPSA) is 105 Å². The molecule has 0 heterocycles. The molecule has 0 spiro atoms. The molecule has 0 aliphatic rings. The normalized spacial score (nSPS) is 11.6. The summed E-state index contributed by atoms with van der Waals surface area (Å²) in [6, 6.07) is 22.6. The van der Waals surface area contributed by atoms with Crippen LogP contribution in [0.25, 0.3) is 10.8 Å². The molecule has 2 N–H and O–H groups in total. The van der Waals surface area contributed by atoms with E-state index in [1.54, 1.807) is 30.3 Å². The molecular formula is C25H18I2N2O5S. The first-order valence-electron chi connectivity index (χ1n) is 10.2. The third-order valence-electron chi connectivity index (χ3n) is 5.02. The number of rotatable bonds is 8. The second-order valence-corrected chi connectivity index (χ2v) is 11.5. The van der Waals surface area contributed by atoms with Crippen LogP contribution in [0.5, 0.6) is 5.75 Å². The lowest BCUT2D eigenvalue weighted by atomic mass is 10.1. The molecule has 7 nitrogen and oxygen atoms in total. The van der Waals surface area contributed by atoms with Gasteiger partial charge in [-0.05, 0) is 103 Å². The van der Waals surface area contributed by atoms with Crippen molar-refractivity contribution in [3.8, 4) is 5.75 Å². The highest BCUT2D eigenvalue weighted by Gasteiger charge is 2.14. The number of aromatic carboxylic acids is 1. The van der Waals surface area contributed by atoms with Crippen LogP contribution in [-0.4, -0.2) is 25.7 Å². The van der Waals surface area contributed by atoms with E-state index in [9.17, 15) is 13.2 Å². The highest BCUT2D eigenvalue weighted by molar-refractivity contribution is 14.1. The fourth-order valence-corrected chi connectivity index (χ4v) is 6.20. The molecule has 4 aromatic carbocycles. The largest absolute Gasteiger partial charge is 0.487 e. The predicted molar refractivity (Wildman–Crippen MR) is 151 cm³/mol. The molecule has 0 bridgehead atoms. The number of fused-ring (bicyclic) bond motifs is 1. The van der Waals surface area contributed by atoms with Crippen molar-refractivity contribution in [3.63, 3.8) is 0 Å². The second-order valence-electron chi connectivity index (χ2n) is 7.47. The molecule has 178 valence electrons. The number of ether oxygens (including phenoxy) is 1. The van der Waals surface area contributed by atoms with E-state index in [4.69, 9.17) is 9.84 Å². The third kappa shape index (κ3) is 6.30. The van der Waals surface area contributed by atoms with Crippen LogP contribution in [0.4, 0.5) is 0 Å². The van der Waals surface area contributed by atoms with Gasteiger partial charge in [0.1, 0.15) is 12.4 Å². The van der Waals surface area contributed by atoms with Gasteiger partial charge in [0.25, 0.3) is 10.0 Å². The Kier molecular flexibility index (Phi) is 7.91. The Balaban J connectivity index is 1.43. The van der Waals surface area contributed by atoms with Crippen LogP contribution >= 0.6 is 45.2 Å². The Morgan fingerprint density at radius 1 is 0.943 bits per heavy atom. The Morgan fingerprint density at radius 2 is 1.60 bits per heavy atom. The van der Waals surface area contributed by atoms with Gasteiger partial charge in [0.2, 0.25) is 0 Å². The van der Waals surface area contributed by atoms with Crippen molar-refractivity contribution in [1.29, 1.82) is 0 Å². The van der Waals surface area contributed by atoms with Gasteiger partial charge in [0.05, 0.1) is 23.8 Å². The first-order chi connectivity index (χ1) is 16.7. The molecule has 0 saturated carbocycles. The first kappa shape index (κ1) is 25.4. The van der Waals surface area contributed by atoms with Crippen LogP contribution < -0.4 is 9.57 Å². The van der Waals surface area contributed by atoms with Gasteiger partial charge in [-0.2, -0.15) is 13.5 Å². The number of benzene rings is 4. The zero-order valence-electron chi connectivity index (χ0n) is 18.0. The maximum Gasteiger partial charge on any atom is 0.335 e. The molecule has 0 saturated heterocycles. The number of nitrogens with one attached hydrogen (secondary N) is 1. The molecule has 4 aromatic rings. The summed E-state index contributed by atoms with van der Waals surface area (Å²) in [7, 11) is -3.81. The van der Waals surface area contributed by atoms with Gasteiger partial charge in [0, 0.05) is 0 Å². The van der Waals surface area contributed by atoms with Crippen LogP contribution in [0.1, 0.15) is 21.5 Å². The number of halogens is 2. The molecule has 0 atom stereocenters. The van der Waals surface area contributed by atoms with Gasteiger partial charge in [-0.1, -0.05) is 42.5 Å². The number of hydrogen-bond acceptors (Lipinski definition) is 5. The van der Waals surface area contributed by atoms with Crippen LogP contribution in [0.3, 0.4) is 0 Å². The fourth-order valence-electron chi connectivity index (χ4n) is 3.25. The molecule has 0 radical (unpaired) electrons. The van der Waals surface area contributed by atoms with E-state index < -0.39 is 16.0 Å². The number of carboxylic acid groups (broad SMARTS) is 1. The van der Waals surface area contributed by atoms with Crippen molar-refractivity contribution in [3.05, 3.63) is 103 Å². The second kappa shape index (κ2) is 10.9. The van der Waals surface area contributed by atoms with E-state index in [0.717, 1.165) is 23.5 Å². The number of sulfonamides is 1. The van der Waals surface area contributed by atoms with Crippen molar-refractivity contribution in [2.45, 2.75) is 11.5 Å². The molecule has 0 aliphatic carbocycles. The predicted octanol–water partition coefficient (Wildman–Crippen LogP) is 5.64. The molecule has 35 heavy (non-hydrogen) atoms. The summed E-state index contributed by atoms with van der Waals surface area (Å²) in [6.45, 7) is 0.283. The van der Waals surface area contributed by atoms with Crippen molar-refractivity contribution in [2.75, 3.05) is 0 Å². The van der Waals surface area contributed by atoms with Crippen molar-refractivity contribution >= 4 is 78.2 Å². The summed E-state index contributed by atoms with van der Waals surface area (Å²) in [5.41, 5.74) is 1.77. The Labute approximate surface area is 229 Å². The van der Waals surface area contributed by atoms with Gasteiger partial charge in [-0.15, -0.1) is 0 Å². The lowest BCUT2D eigenvalue weighted by Gasteiger charge is -2.12. The average Bonchev–Trinajstić information content (AvgIpc) is 2.83. The minimum Gasteiger partial charge on any atom is -0.487 e. The number of carbonyl (C=O) groups is 1. The van der Waals surface area contributed by atoms with Crippen LogP contribution in [0.2, 0.25) is 0 Å². The summed E-state index contributed by atoms with van der Waals surface area (Å²) < 4.78 is 32.9. The summed E-state index contributed by atoms with van der Waals surface area (Å²) in [6.07, 6.45) is 1.44. The lowest BCUT2D eigenvalue weighted by Crippen LogP contribution is -2.18. The van der Waals surface area contributed by atoms with Crippen LogP contribution in [-0.2, 0) is 16.6 Å². The first-order valence-corrected chi connectivity index (χ1v) is 13.8. The van der Waals surface area contributed by atoms with Gasteiger partial charge in [-0.3, -0.25) is 0 Å². The number of hydrazone groups is 1. The quantitative estimate of drug-likeness (QED) is 0.140. The molecule has 0 aromatic heterocycles. The molecular weight excluding hydrogens is 694 g/mol. The minimum atomic E-state index is -3.81. The smallest absolute Gasteiger partial charge is 0.335 e. The lowest BCUT2D eigenvalue weighted by molar-refractivity contribution is 0.0697. The van der Waals surface area contributed by atoms with Crippen LogP contribution in [0, 0.1) is 7.14 Å². The van der Waals surface area contributed by atoms with Gasteiger partial charge < -0.3 is 9.84 Å². The highest BCUT2D eigenvalue weighted by Crippen LogP contribution is 2.29. The standard InChI is InChI=1S/C25H18I2N2O5S/c26-22-11-17(12-23(27)24(22)34-15-16-5-7-19(8-6-16)25(30)31)14-28-29-35(32,33)21-10-9-18-3-1-2-4-20(18)13-21/h1-14,29H,15H2,(H,30,31)/b28-14+. The van der Waals surface area contributed by atoms with Gasteiger partial charge in [0.15, 0.2) is 0 Å². The minimum absolute atomic E-state index is 0.137. The van der Waals surface area contributed by atoms with Crippen molar-refractivity contribution in [1.82, 2.24) is 4.83 Å². The van der Waals surface area contributed by atoms with E-state index in [-0.39, 0.29) is 17.1 Å². The third-order valence-corrected chi connectivity index (χ3v) is 7.85. The zero-order chi connectivity index (χ0) is 25.0. The molecule has 10 heteroatoms. The maximum absolute atomic E-state index is 12.7. The van der Waals surface area contributed by atoms with Crippen LogP contribution in [0.15, 0.2) is 88.9 Å². The molecule has 0 amide bonds. The van der Waals surface area contributed by atoms with Gasteiger partial charge in [-0.25, -0.2) is 9.63 Å². The molecule has 0 fully saturated rings. The zero-order valence-corrected chi connectivity index (χ0v) is 23.1. The summed E-state index contributed by atoms with van der Waals surface area (Å²) >= 11 is 4.29. The van der Waals surface area contributed by atoms with Crippen molar-refractivity contribution < 1.29 is 23.1 Å². The Morgan fingerprint density at radius 3 is 2.26 bits per heavy atom. The van der Waals surface area contributed by atoms with Crippen molar-refractivity contribution in [2.24, 2.45) is 5.10 Å². The monoisotopic (exact) mass is 712 g/mol.